The lowest BCUT2D eigenvalue weighted by Gasteiger charge is -2.10. The monoisotopic (exact) mass is 317 g/mol. The molecule has 2 nitrogen and oxygen atoms in total. The molecule has 0 aliphatic rings. The van der Waals surface area contributed by atoms with Crippen molar-refractivity contribution in [3.63, 3.8) is 0 Å². The van der Waals surface area contributed by atoms with E-state index in [2.05, 4.69) is 4.98 Å². The van der Waals surface area contributed by atoms with Crippen molar-refractivity contribution in [2.24, 2.45) is 0 Å². The Labute approximate surface area is 133 Å². The van der Waals surface area contributed by atoms with Gasteiger partial charge in [0.25, 0.3) is 0 Å². The summed E-state index contributed by atoms with van der Waals surface area (Å²) in [7, 11) is 0. The molecule has 0 N–H and O–H groups in total. The van der Waals surface area contributed by atoms with Crippen LogP contribution in [0.4, 0.5) is 0 Å². The minimum Gasteiger partial charge on any atom is -0.439 e. The standard InChI is InChI=1S/C17H13Cl2NO/c1-11-8-13(6-7-15(11)19)21-17-9-12(10-18)14-4-2-3-5-16(14)20-17/h2-9H,10H2,1H3. The van der Waals surface area contributed by atoms with Crippen molar-refractivity contribution in [2.75, 3.05) is 0 Å². The second-order valence-corrected chi connectivity index (χ2v) is 5.46. The number of hydrogen-bond acceptors (Lipinski definition) is 2. The Morgan fingerprint density at radius 3 is 2.67 bits per heavy atom. The molecule has 0 radical (unpaired) electrons. The first-order chi connectivity index (χ1) is 10.2. The van der Waals surface area contributed by atoms with Crippen LogP contribution in [0.1, 0.15) is 11.1 Å². The van der Waals surface area contributed by atoms with Crippen LogP contribution in [0.25, 0.3) is 10.9 Å². The molecule has 3 rings (SSSR count). The Morgan fingerprint density at radius 1 is 1.10 bits per heavy atom. The zero-order valence-corrected chi connectivity index (χ0v) is 12.9. The number of alkyl halides is 1. The molecule has 0 bridgehead atoms. The van der Waals surface area contributed by atoms with Crippen LogP contribution in [0.5, 0.6) is 11.6 Å². The van der Waals surface area contributed by atoms with E-state index in [1.165, 1.54) is 0 Å². The van der Waals surface area contributed by atoms with E-state index < -0.39 is 0 Å². The van der Waals surface area contributed by atoms with Crippen molar-refractivity contribution < 1.29 is 4.74 Å². The summed E-state index contributed by atoms with van der Waals surface area (Å²) in [5, 5.41) is 1.77. The third-order valence-electron chi connectivity index (χ3n) is 3.27. The summed E-state index contributed by atoms with van der Waals surface area (Å²) in [6, 6.07) is 15.3. The minimum absolute atomic E-state index is 0.416. The summed E-state index contributed by atoms with van der Waals surface area (Å²) in [6.45, 7) is 1.94. The van der Waals surface area contributed by atoms with Crippen LogP contribution >= 0.6 is 23.2 Å². The molecular formula is C17H13Cl2NO. The fraction of sp³-hybridized carbons (Fsp3) is 0.118. The molecule has 0 aliphatic heterocycles. The van der Waals surface area contributed by atoms with Crippen molar-refractivity contribution in [1.29, 1.82) is 0 Å². The summed E-state index contributed by atoms with van der Waals surface area (Å²) >= 11 is 12.0. The lowest BCUT2D eigenvalue weighted by Crippen LogP contribution is -1.92. The van der Waals surface area contributed by atoms with Gasteiger partial charge in [-0.25, -0.2) is 4.98 Å². The molecule has 0 atom stereocenters. The minimum atomic E-state index is 0.416. The predicted molar refractivity (Wildman–Crippen MR) is 87.6 cm³/mol. The van der Waals surface area contributed by atoms with E-state index in [1.807, 2.05) is 55.5 Å². The number of hydrogen-bond donors (Lipinski definition) is 0. The number of rotatable bonds is 3. The first-order valence-corrected chi connectivity index (χ1v) is 7.47. The van der Waals surface area contributed by atoms with Crippen LogP contribution in [0.3, 0.4) is 0 Å². The molecule has 106 valence electrons. The lowest BCUT2D eigenvalue weighted by atomic mass is 10.1. The average Bonchev–Trinajstić information content (AvgIpc) is 2.50. The summed E-state index contributed by atoms with van der Waals surface area (Å²) in [5.41, 5.74) is 2.84. The Bertz CT molecular complexity index is 802. The number of pyridine rings is 1. The lowest BCUT2D eigenvalue weighted by molar-refractivity contribution is 0.464. The topological polar surface area (TPSA) is 22.1 Å². The van der Waals surface area contributed by atoms with Crippen LogP contribution in [-0.4, -0.2) is 4.98 Å². The average molecular weight is 318 g/mol. The van der Waals surface area contributed by atoms with Crippen molar-refractivity contribution in [3.8, 4) is 11.6 Å². The van der Waals surface area contributed by atoms with E-state index in [-0.39, 0.29) is 0 Å². The molecule has 21 heavy (non-hydrogen) atoms. The third kappa shape index (κ3) is 2.97. The maximum Gasteiger partial charge on any atom is 0.220 e. The highest BCUT2D eigenvalue weighted by Gasteiger charge is 2.07. The molecule has 1 heterocycles. The van der Waals surface area contributed by atoms with Crippen LogP contribution < -0.4 is 4.74 Å². The van der Waals surface area contributed by atoms with Gasteiger partial charge >= 0.3 is 0 Å². The predicted octanol–water partition coefficient (Wildman–Crippen LogP) is 5.73. The molecule has 4 heteroatoms. The highest BCUT2D eigenvalue weighted by atomic mass is 35.5. The van der Waals surface area contributed by atoms with Gasteiger partial charge in [-0.05, 0) is 42.3 Å². The molecule has 0 saturated heterocycles. The van der Waals surface area contributed by atoms with E-state index in [4.69, 9.17) is 27.9 Å². The van der Waals surface area contributed by atoms with Gasteiger partial charge in [0, 0.05) is 22.4 Å². The van der Waals surface area contributed by atoms with Gasteiger partial charge in [0.1, 0.15) is 5.75 Å². The number of aryl methyl sites for hydroxylation is 1. The highest BCUT2D eigenvalue weighted by molar-refractivity contribution is 6.31. The van der Waals surface area contributed by atoms with Crippen molar-refractivity contribution in [3.05, 3.63) is 64.7 Å². The Morgan fingerprint density at radius 2 is 1.90 bits per heavy atom. The van der Waals surface area contributed by atoms with Crippen LogP contribution in [0.2, 0.25) is 5.02 Å². The number of para-hydroxylation sites is 1. The van der Waals surface area contributed by atoms with E-state index in [9.17, 15) is 0 Å². The Kier molecular flexibility index (Phi) is 4.00. The fourth-order valence-electron chi connectivity index (χ4n) is 2.18. The summed E-state index contributed by atoms with van der Waals surface area (Å²) in [4.78, 5) is 4.52. The molecule has 3 aromatic rings. The molecule has 0 saturated carbocycles. The first-order valence-electron chi connectivity index (χ1n) is 6.56. The molecule has 0 aliphatic carbocycles. The van der Waals surface area contributed by atoms with Gasteiger partial charge < -0.3 is 4.74 Å². The van der Waals surface area contributed by atoms with Crippen LogP contribution in [0.15, 0.2) is 48.5 Å². The zero-order valence-electron chi connectivity index (χ0n) is 11.4. The van der Waals surface area contributed by atoms with Gasteiger partial charge in [0.2, 0.25) is 5.88 Å². The first kappa shape index (κ1) is 14.2. The zero-order chi connectivity index (χ0) is 14.8. The maximum absolute atomic E-state index is 6.03. The smallest absolute Gasteiger partial charge is 0.220 e. The number of halogens is 2. The normalized spacial score (nSPS) is 10.8. The van der Waals surface area contributed by atoms with Gasteiger partial charge in [0.05, 0.1) is 5.52 Å². The van der Waals surface area contributed by atoms with Crippen molar-refractivity contribution in [1.82, 2.24) is 4.98 Å². The van der Waals surface area contributed by atoms with Gasteiger partial charge in [-0.3, -0.25) is 0 Å². The number of nitrogens with zero attached hydrogens (tertiary/aromatic N) is 1. The Hall–Kier alpha value is -1.77. The largest absolute Gasteiger partial charge is 0.439 e. The molecule has 2 aromatic carbocycles. The van der Waals surface area contributed by atoms with Crippen molar-refractivity contribution >= 4 is 34.1 Å². The van der Waals surface area contributed by atoms with Crippen LogP contribution in [-0.2, 0) is 5.88 Å². The number of aromatic nitrogens is 1. The summed E-state index contributed by atoms with van der Waals surface area (Å²) in [6.07, 6.45) is 0. The highest BCUT2D eigenvalue weighted by Crippen LogP contribution is 2.28. The van der Waals surface area contributed by atoms with E-state index in [0.29, 0.717) is 17.5 Å². The van der Waals surface area contributed by atoms with Gasteiger partial charge in [-0.2, -0.15) is 0 Å². The number of ether oxygens (including phenoxy) is 1. The molecule has 0 unspecified atom stereocenters. The number of benzene rings is 2. The van der Waals surface area contributed by atoms with Crippen LogP contribution in [0, 0.1) is 6.92 Å². The van der Waals surface area contributed by atoms with E-state index in [0.717, 1.165) is 27.1 Å². The van der Waals surface area contributed by atoms with E-state index in [1.54, 1.807) is 0 Å². The second-order valence-electron chi connectivity index (χ2n) is 4.78. The summed E-state index contributed by atoms with van der Waals surface area (Å²) < 4.78 is 5.84. The summed E-state index contributed by atoms with van der Waals surface area (Å²) in [5.74, 6) is 1.66. The van der Waals surface area contributed by atoms with Gasteiger partial charge in [-0.1, -0.05) is 29.8 Å². The number of fused-ring (bicyclic) bond motifs is 1. The van der Waals surface area contributed by atoms with E-state index >= 15 is 0 Å². The second kappa shape index (κ2) is 5.92. The fourth-order valence-corrected chi connectivity index (χ4v) is 2.52. The van der Waals surface area contributed by atoms with Crippen molar-refractivity contribution in [2.45, 2.75) is 12.8 Å². The molecule has 0 amide bonds. The molecular weight excluding hydrogens is 305 g/mol. The SMILES string of the molecule is Cc1cc(Oc2cc(CCl)c3ccccc3n2)ccc1Cl. The molecule has 0 fully saturated rings. The van der Waals surface area contributed by atoms with Gasteiger partial charge in [-0.15, -0.1) is 11.6 Å². The van der Waals surface area contributed by atoms with Gasteiger partial charge in [0.15, 0.2) is 0 Å². The Balaban J connectivity index is 2.02. The maximum atomic E-state index is 6.03. The molecule has 0 spiro atoms. The third-order valence-corrected chi connectivity index (χ3v) is 3.99. The quantitative estimate of drug-likeness (QED) is 0.576. The molecule has 1 aromatic heterocycles.